The minimum atomic E-state index is -3.36. The summed E-state index contributed by atoms with van der Waals surface area (Å²) in [6.45, 7) is 5.72. The van der Waals surface area contributed by atoms with Gasteiger partial charge in [-0.15, -0.1) is 0 Å². The minimum absolute atomic E-state index is 0.308. The zero-order valence-corrected chi connectivity index (χ0v) is 26.2. The van der Waals surface area contributed by atoms with Crippen molar-refractivity contribution in [2.75, 3.05) is 20.8 Å². The normalized spacial score (nSPS) is 26.3. The summed E-state index contributed by atoms with van der Waals surface area (Å²) in [5.74, 6) is 0.818. The number of hydrogen-bond acceptors (Lipinski definition) is 7. The van der Waals surface area contributed by atoms with Crippen molar-refractivity contribution in [1.82, 2.24) is 0 Å². The van der Waals surface area contributed by atoms with Crippen molar-refractivity contribution < 1.29 is 29.8 Å². The number of hydrogen-bond donors (Lipinski definition) is 0. The summed E-state index contributed by atoms with van der Waals surface area (Å²) in [6, 6.07) is 18.2. The summed E-state index contributed by atoms with van der Waals surface area (Å²) in [7, 11) is 3.36. The molecule has 0 unspecified atom stereocenters. The molecule has 2 heterocycles. The number of ether oxygens (including phenoxy) is 5. The van der Waals surface area contributed by atoms with Crippen molar-refractivity contribution in [3.8, 4) is 5.75 Å². The van der Waals surface area contributed by atoms with E-state index in [4.69, 9.17) is 29.8 Å². The van der Waals surface area contributed by atoms with E-state index in [2.05, 4.69) is 26.0 Å². The SMILES string of the molecule is CCC[CH2][Sn]1([CH2]CCC)[O][C@@H]2O[C@H](COC)[C@@H](OCc3ccc(OC)cc3)[C@H](OCc3ccccc3)[C@@H]2[O]1. The molecule has 2 aliphatic rings. The molecule has 0 amide bonds. The molecule has 210 valence electrons. The maximum absolute atomic E-state index is 7.00. The number of rotatable bonds is 15. The Morgan fingerprint density at radius 2 is 1.39 bits per heavy atom. The fourth-order valence-electron chi connectivity index (χ4n) is 5.21. The molecule has 2 saturated heterocycles. The Kier molecular flexibility index (Phi) is 11.7. The zero-order chi connectivity index (χ0) is 26.8. The molecule has 38 heavy (non-hydrogen) atoms. The average Bonchev–Trinajstić information content (AvgIpc) is 3.32. The van der Waals surface area contributed by atoms with Crippen molar-refractivity contribution in [2.45, 2.75) is 92.3 Å². The van der Waals surface area contributed by atoms with E-state index in [9.17, 15) is 0 Å². The monoisotopic (exact) mass is 636 g/mol. The van der Waals surface area contributed by atoms with E-state index in [1.807, 2.05) is 42.5 Å². The van der Waals surface area contributed by atoms with Crippen molar-refractivity contribution in [2.24, 2.45) is 0 Å². The predicted octanol–water partition coefficient (Wildman–Crippen LogP) is 5.99. The topological polar surface area (TPSA) is 64.6 Å². The third kappa shape index (κ3) is 7.71. The molecule has 4 rings (SSSR count). The van der Waals surface area contributed by atoms with E-state index < -0.39 is 25.5 Å². The molecule has 5 atom stereocenters. The standard InChI is InChI=1S/C22H26O7.2C4H9.Sn/c1-25-14-18-20(27-13-16-8-10-17(26-2)11-9-16)21(19(23)22(24)29-18)28-12-15-6-4-3-5-7-15;2*1-3-4-2;/h3-11,18-22H,12-14H2,1-2H3;2*1,3-4H2,2H3;/q-2;;;+2/t18-,19+,20-,21-,22-;;;/m1.../s1. The number of methoxy groups -OCH3 is 2. The molecule has 0 aliphatic carbocycles. The molecule has 0 bridgehead atoms. The van der Waals surface area contributed by atoms with Crippen LogP contribution < -0.4 is 4.74 Å². The first-order valence-corrected chi connectivity index (χ1v) is 20.4. The first-order valence-electron chi connectivity index (χ1n) is 14.0. The van der Waals surface area contributed by atoms with E-state index in [0.29, 0.717) is 19.8 Å². The molecule has 7 nitrogen and oxygen atoms in total. The van der Waals surface area contributed by atoms with Crippen LogP contribution in [0, 0.1) is 0 Å². The molecule has 0 N–H and O–H groups in total. The van der Waals surface area contributed by atoms with Crippen LogP contribution >= 0.6 is 0 Å². The fourth-order valence-corrected chi connectivity index (χ4v) is 16.4. The summed E-state index contributed by atoms with van der Waals surface area (Å²) in [5.41, 5.74) is 2.16. The van der Waals surface area contributed by atoms with Crippen LogP contribution in [0.2, 0.25) is 8.87 Å². The Bertz CT molecular complexity index is 933. The Hall–Kier alpha value is -1.20. The van der Waals surface area contributed by atoms with Gasteiger partial charge in [0.05, 0.1) is 0 Å². The number of benzene rings is 2. The van der Waals surface area contributed by atoms with Gasteiger partial charge in [-0.1, -0.05) is 0 Å². The maximum atomic E-state index is 7.00. The third-order valence-corrected chi connectivity index (χ3v) is 17.6. The molecule has 2 aromatic rings. The third-order valence-electron chi connectivity index (χ3n) is 7.31. The molecule has 8 heteroatoms. The first kappa shape index (κ1) is 29.8. The van der Waals surface area contributed by atoms with Gasteiger partial charge in [0.25, 0.3) is 0 Å². The van der Waals surface area contributed by atoms with Crippen LogP contribution in [-0.2, 0) is 38.3 Å². The van der Waals surface area contributed by atoms with E-state index >= 15 is 0 Å². The molecule has 2 aromatic carbocycles. The van der Waals surface area contributed by atoms with Crippen LogP contribution in [0.5, 0.6) is 5.75 Å². The summed E-state index contributed by atoms with van der Waals surface area (Å²) < 4.78 is 46.5. The average molecular weight is 635 g/mol. The second-order valence-corrected chi connectivity index (χ2v) is 19.6. The van der Waals surface area contributed by atoms with Gasteiger partial charge in [0.2, 0.25) is 0 Å². The Labute approximate surface area is 233 Å². The van der Waals surface area contributed by atoms with Crippen LogP contribution in [0.3, 0.4) is 0 Å². The van der Waals surface area contributed by atoms with Gasteiger partial charge in [-0.25, -0.2) is 0 Å². The summed E-state index contributed by atoms with van der Waals surface area (Å²) in [5, 5.41) is 0. The molecule has 0 radical (unpaired) electrons. The molecule has 2 aliphatic heterocycles. The summed E-state index contributed by atoms with van der Waals surface area (Å²) in [4.78, 5) is 0. The van der Waals surface area contributed by atoms with Gasteiger partial charge >= 0.3 is 234 Å². The van der Waals surface area contributed by atoms with Crippen molar-refractivity contribution in [3.63, 3.8) is 0 Å². The molecular formula is C30H44O7Sn. The van der Waals surface area contributed by atoms with Gasteiger partial charge in [-0.05, 0) is 0 Å². The van der Waals surface area contributed by atoms with Gasteiger partial charge in [0.1, 0.15) is 0 Å². The summed E-state index contributed by atoms with van der Waals surface area (Å²) in [6.07, 6.45) is 2.70. The van der Waals surface area contributed by atoms with Crippen LogP contribution in [0.1, 0.15) is 50.7 Å². The Morgan fingerprint density at radius 1 is 0.763 bits per heavy atom. The summed E-state index contributed by atoms with van der Waals surface area (Å²) >= 11 is -3.36. The van der Waals surface area contributed by atoms with Crippen LogP contribution in [0.4, 0.5) is 0 Å². The van der Waals surface area contributed by atoms with Crippen LogP contribution in [0.25, 0.3) is 0 Å². The second kappa shape index (κ2) is 15.0. The van der Waals surface area contributed by atoms with E-state index in [1.165, 1.54) is 0 Å². The predicted molar refractivity (Wildman–Crippen MR) is 148 cm³/mol. The van der Waals surface area contributed by atoms with Gasteiger partial charge < -0.3 is 0 Å². The van der Waals surface area contributed by atoms with Crippen LogP contribution in [0.15, 0.2) is 54.6 Å². The van der Waals surface area contributed by atoms with Gasteiger partial charge in [0.15, 0.2) is 0 Å². The first-order chi connectivity index (χ1) is 18.6. The number of fused-ring (bicyclic) bond motifs is 1. The van der Waals surface area contributed by atoms with Gasteiger partial charge in [-0.2, -0.15) is 0 Å². The second-order valence-electron chi connectivity index (χ2n) is 10.2. The fraction of sp³-hybridized carbons (Fsp3) is 0.600. The van der Waals surface area contributed by atoms with Crippen molar-refractivity contribution >= 4 is 19.2 Å². The van der Waals surface area contributed by atoms with Crippen molar-refractivity contribution in [1.29, 1.82) is 0 Å². The molecule has 0 saturated carbocycles. The van der Waals surface area contributed by atoms with E-state index in [0.717, 1.165) is 51.4 Å². The van der Waals surface area contributed by atoms with Crippen LogP contribution in [-0.4, -0.2) is 70.7 Å². The molecule has 2 fully saturated rings. The van der Waals surface area contributed by atoms with E-state index in [1.54, 1.807) is 14.2 Å². The molecule has 0 spiro atoms. The van der Waals surface area contributed by atoms with Gasteiger partial charge in [-0.3, -0.25) is 0 Å². The molecular weight excluding hydrogens is 591 g/mol. The number of unbranched alkanes of at least 4 members (excludes halogenated alkanes) is 2. The molecule has 0 aromatic heterocycles. The van der Waals surface area contributed by atoms with Crippen molar-refractivity contribution in [3.05, 3.63) is 65.7 Å². The van der Waals surface area contributed by atoms with E-state index in [-0.39, 0.29) is 24.4 Å². The Balaban J connectivity index is 1.58. The van der Waals surface area contributed by atoms with Gasteiger partial charge in [0, 0.05) is 0 Å². The zero-order valence-electron chi connectivity index (χ0n) is 23.3. The quantitative estimate of drug-likeness (QED) is 0.223. The Morgan fingerprint density at radius 3 is 2.00 bits per heavy atom.